The minimum atomic E-state index is 0.170. The third-order valence-electron chi connectivity index (χ3n) is 3.06. The zero-order valence-corrected chi connectivity index (χ0v) is 11.2. The molecule has 1 atom stereocenters. The van der Waals surface area contributed by atoms with E-state index >= 15 is 0 Å². The molecule has 1 rings (SSSR count). The summed E-state index contributed by atoms with van der Waals surface area (Å²) in [6.45, 7) is 4.89. The van der Waals surface area contributed by atoms with E-state index in [1.54, 1.807) is 0 Å². The number of nitrogens with one attached hydrogen (secondary N) is 1. The van der Waals surface area contributed by atoms with E-state index in [0.29, 0.717) is 17.5 Å². The summed E-state index contributed by atoms with van der Waals surface area (Å²) in [7, 11) is 0. The van der Waals surface area contributed by atoms with Crippen molar-refractivity contribution < 1.29 is 4.74 Å². The van der Waals surface area contributed by atoms with E-state index in [4.69, 9.17) is 22.2 Å². The van der Waals surface area contributed by atoms with Crippen molar-refractivity contribution in [3.05, 3.63) is 29.3 Å². The highest BCUT2D eigenvalue weighted by molar-refractivity contribution is 6.30. The van der Waals surface area contributed by atoms with Gasteiger partial charge >= 0.3 is 0 Å². The zero-order valence-electron chi connectivity index (χ0n) is 10.4. The first kappa shape index (κ1) is 14.3. The molecule has 1 unspecified atom stereocenters. The number of ether oxygens (including phenoxy) is 1. The molecule has 96 valence electrons. The van der Waals surface area contributed by atoms with Crippen molar-refractivity contribution in [1.82, 2.24) is 5.43 Å². The predicted octanol–water partition coefficient (Wildman–Crippen LogP) is 2.99. The van der Waals surface area contributed by atoms with Gasteiger partial charge in [-0.3, -0.25) is 11.3 Å². The van der Waals surface area contributed by atoms with Gasteiger partial charge in [-0.2, -0.15) is 0 Å². The maximum Gasteiger partial charge on any atom is 0.120 e. The molecule has 0 spiro atoms. The molecular weight excluding hydrogens is 236 g/mol. The molecule has 0 fully saturated rings. The van der Waals surface area contributed by atoms with Crippen molar-refractivity contribution in [1.29, 1.82) is 0 Å². The van der Waals surface area contributed by atoms with Crippen molar-refractivity contribution >= 4 is 11.6 Å². The van der Waals surface area contributed by atoms with E-state index in [1.165, 1.54) is 0 Å². The van der Waals surface area contributed by atoms with Gasteiger partial charge in [0.25, 0.3) is 0 Å². The Hall–Kier alpha value is -0.770. The number of hydrogen-bond acceptors (Lipinski definition) is 3. The Bertz CT molecular complexity index is 329. The van der Waals surface area contributed by atoms with E-state index in [0.717, 1.165) is 18.6 Å². The molecule has 0 heterocycles. The largest absolute Gasteiger partial charge is 0.492 e. The van der Waals surface area contributed by atoms with Crippen molar-refractivity contribution in [2.45, 2.75) is 32.7 Å². The molecule has 0 aliphatic heterocycles. The van der Waals surface area contributed by atoms with E-state index in [-0.39, 0.29) is 6.04 Å². The number of hydrazine groups is 1. The summed E-state index contributed by atoms with van der Waals surface area (Å²) in [6.07, 6.45) is 2.18. The van der Waals surface area contributed by atoms with Crippen LogP contribution >= 0.6 is 11.6 Å². The summed E-state index contributed by atoms with van der Waals surface area (Å²) in [4.78, 5) is 0. The summed E-state index contributed by atoms with van der Waals surface area (Å²) in [6, 6.07) is 7.58. The second-order valence-corrected chi connectivity index (χ2v) is 4.55. The first-order valence-corrected chi connectivity index (χ1v) is 6.43. The monoisotopic (exact) mass is 256 g/mol. The third-order valence-corrected chi connectivity index (χ3v) is 3.29. The van der Waals surface area contributed by atoms with Crippen LogP contribution in [0.5, 0.6) is 5.75 Å². The molecule has 0 saturated heterocycles. The summed E-state index contributed by atoms with van der Waals surface area (Å²) in [5.74, 6) is 6.87. The van der Waals surface area contributed by atoms with Gasteiger partial charge in [0.2, 0.25) is 0 Å². The van der Waals surface area contributed by atoms with Gasteiger partial charge in [0.1, 0.15) is 12.4 Å². The summed E-state index contributed by atoms with van der Waals surface area (Å²) in [5, 5.41) is 0.683. The van der Waals surface area contributed by atoms with E-state index in [9.17, 15) is 0 Å². The molecule has 0 aromatic heterocycles. The van der Waals surface area contributed by atoms with Crippen molar-refractivity contribution in [2.24, 2.45) is 11.8 Å². The fourth-order valence-corrected chi connectivity index (χ4v) is 2.10. The van der Waals surface area contributed by atoms with Crippen LogP contribution in [-0.4, -0.2) is 12.6 Å². The van der Waals surface area contributed by atoms with Gasteiger partial charge in [0.05, 0.1) is 6.04 Å². The fraction of sp³-hybridized carbons (Fsp3) is 0.538. The minimum Gasteiger partial charge on any atom is -0.492 e. The normalized spacial score (nSPS) is 12.8. The fourth-order valence-electron chi connectivity index (χ4n) is 1.92. The molecule has 0 saturated carbocycles. The number of hydrogen-bond donors (Lipinski definition) is 2. The number of benzene rings is 1. The molecule has 0 aliphatic carbocycles. The van der Waals surface area contributed by atoms with Crippen LogP contribution in [0.25, 0.3) is 0 Å². The van der Waals surface area contributed by atoms with Crippen LogP contribution in [0.3, 0.4) is 0 Å². The van der Waals surface area contributed by atoms with Crippen LogP contribution < -0.4 is 16.0 Å². The quantitative estimate of drug-likeness (QED) is 0.582. The van der Waals surface area contributed by atoms with E-state index < -0.39 is 0 Å². The molecule has 3 N–H and O–H groups in total. The van der Waals surface area contributed by atoms with Gasteiger partial charge in [-0.15, -0.1) is 0 Å². The third kappa shape index (κ3) is 4.54. The Morgan fingerprint density at radius 1 is 1.35 bits per heavy atom. The van der Waals surface area contributed by atoms with Crippen molar-refractivity contribution in [3.63, 3.8) is 0 Å². The molecule has 0 amide bonds. The van der Waals surface area contributed by atoms with E-state index in [2.05, 4.69) is 19.3 Å². The maximum atomic E-state index is 5.89. The molecule has 0 radical (unpaired) electrons. The molecule has 0 bridgehead atoms. The van der Waals surface area contributed by atoms with Crippen LogP contribution in [0.4, 0.5) is 0 Å². The molecule has 0 aliphatic rings. The highest BCUT2D eigenvalue weighted by Crippen LogP contribution is 2.19. The Morgan fingerprint density at radius 2 is 2.06 bits per heavy atom. The first-order chi connectivity index (χ1) is 8.21. The molecular formula is C13H21ClN2O. The highest BCUT2D eigenvalue weighted by atomic mass is 35.5. The average Bonchev–Trinajstić information content (AvgIpc) is 2.34. The van der Waals surface area contributed by atoms with Gasteiger partial charge in [0.15, 0.2) is 0 Å². The lowest BCUT2D eigenvalue weighted by atomic mass is 9.95. The Balaban J connectivity index is 2.52. The number of rotatable bonds is 7. The van der Waals surface area contributed by atoms with Gasteiger partial charge in [0, 0.05) is 5.02 Å². The Kier molecular flexibility index (Phi) is 6.34. The van der Waals surface area contributed by atoms with Crippen LogP contribution in [-0.2, 0) is 0 Å². The molecule has 1 aromatic rings. The SMILES string of the molecule is CCC(CC)C(COc1cccc(Cl)c1)NN. The van der Waals surface area contributed by atoms with Gasteiger partial charge < -0.3 is 4.74 Å². The van der Waals surface area contributed by atoms with Crippen LogP contribution in [0.15, 0.2) is 24.3 Å². The smallest absolute Gasteiger partial charge is 0.120 e. The van der Waals surface area contributed by atoms with Crippen LogP contribution in [0.2, 0.25) is 5.02 Å². The second kappa shape index (κ2) is 7.54. The van der Waals surface area contributed by atoms with Crippen LogP contribution in [0.1, 0.15) is 26.7 Å². The summed E-state index contributed by atoms with van der Waals surface area (Å²) < 4.78 is 5.70. The molecule has 17 heavy (non-hydrogen) atoms. The number of nitrogens with two attached hydrogens (primary N) is 1. The highest BCUT2D eigenvalue weighted by Gasteiger charge is 2.17. The summed E-state index contributed by atoms with van der Waals surface area (Å²) >= 11 is 5.89. The lowest BCUT2D eigenvalue weighted by Gasteiger charge is -2.24. The Morgan fingerprint density at radius 3 is 2.59 bits per heavy atom. The predicted molar refractivity (Wildman–Crippen MR) is 72.1 cm³/mol. The van der Waals surface area contributed by atoms with Gasteiger partial charge in [-0.25, -0.2) is 0 Å². The van der Waals surface area contributed by atoms with Crippen molar-refractivity contribution in [3.8, 4) is 5.75 Å². The molecule has 1 aromatic carbocycles. The average molecular weight is 257 g/mol. The molecule has 3 nitrogen and oxygen atoms in total. The van der Waals surface area contributed by atoms with Crippen LogP contribution in [0, 0.1) is 5.92 Å². The Labute approximate surface area is 108 Å². The minimum absolute atomic E-state index is 0.170. The standard InChI is InChI=1S/C13H21ClN2O/c1-3-10(4-2)13(16-15)9-17-12-7-5-6-11(14)8-12/h5-8,10,13,16H,3-4,9,15H2,1-2H3. The zero-order chi connectivity index (χ0) is 12.7. The van der Waals surface area contributed by atoms with Crippen molar-refractivity contribution in [2.75, 3.05) is 6.61 Å². The number of halogens is 1. The lowest BCUT2D eigenvalue weighted by molar-refractivity contribution is 0.210. The van der Waals surface area contributed by atoms with Gasteiger partial charge in [-0.05, 0) is 24.1 Å². The first-order valence-electron chi connectivity index (χ1n) is 6.05. The lowest BCUT2D eigenvalue weighted by Crippen LogP contribution is -2.44. The topological polar surface area (TPSA) is 47.3 Å². The maximum absolute atomic E-state index is 5.89. The second-order valence-electron chi connectivity index (χ2n) is 4.12. The summed E-state index contributed by atoms with van der Waals surface area (Å²) in [5.41, 5.74) is 2.83. The van der Waals surface area contributed by atoms with Gasteiger partial charge in [-0.1, -0.05) is 44.4 Å². The van der Waals surface area contributed by atoms with E-state index in [1.807, 2.05) is 24.3 Å². The molecule has 4 heteroatoms.